The van der Waals surface area contributed by atoms with Crippen LogP contribution in [-0.4, -0.2) is 59.1 Å². The molecule has 1 fully saturated rings. The number of rotatable bonds is 3. The second kappa shape index (κ2) is 6.36. The Kier molecular flexibility index (Phi) is 4.46. The summed E-state index contributed by atoms with van der Waals surface area (Å²) in [7, 11) is 3.05. The third kappa shape index (κ3) is 2.64. The fourth-order valence-electron chi connectivity index (χ4n) is 2.54. The highest BCUT2D eigenvalue weighted by atomic mass is 35.5. The Hall–Kier alpha value is -1.44. The Morgan fingerprint density at radius 2 is 2.18 bits per heavy atom. The lowest BCUT2D eigenvalue weighted by Gasteiger charge is -2.31. The van der Waals surface area contributed by atoms with Gasteiger partial charge in [-0.2, -0.15) is 11.8 Å². The van der Waals surface area contributed by atoms with E-state index in [0.717, 1.165) is 35.9 Å². The molecule has 0 aliphatic carbocycles. The largest absolute Gasteiger partial charge is 0.355 e. The molecule has 0 saturated carbocycles. The van der Waals surface area contributed by atoms with Crippen LogP contribution in [-0.2, 0) is 4.84 Å². The molecule has 8 heteroatoms. The van der Waals surface area contributed by atoms with Gasteiger partial charge in [-0.15, -0.1) is 0 Å². The van der Waals surface area contributed by atoms with Crippen LogP contribution < -0.4 is 4.90 Å². The van der Waals surface area contributed by atoms with Gasteiger partial charge in [0.25, 0.3) is 5.91 Å². The summed E-state index contributed by atoms with van der Waals surface area (Å²) in [6.07, 6.45) is 3.40. The van der Waals surface area contributed by atoms with Crippen molar-refractivity contribution in [2.24, 2.45) is 0 Å². The molecule has 0 atom stereocenters. The second-order valence-corrected chi connectivity index (χ2v) is 6.60. The highest BCUT2D eigenvalue weighted by Crippen LogP contribution is 2.31. The molecule has 1 aliphatic rings. The Morgan fingerprint density at radius 3 is 2.86 bits per heavy atom. The Labute approximate surface area is 137 Å². The maximum Gasteiger partial charge on any atom is 0.280 e. The number of carbonyl (C=O) groups is 1. The van der Waals surface area contributed by atoms with Crippen molar-refractivity contribution in [3.63, 3.8) is 0 Å². The van der Waals surface area contributed by atoms with Gasteiger partial charge in [-0.05, 0) is 6.07 Å². The highest BCUT2D eigenvalue weighted by Gasteiger charge is 2.25. The molecule has 1 saturated heterocycles. The molecule has 0 N–H and O–H groups in total. The van der Waals surface area contributed by atoms with Crippen LogP contribution in [0, 0.1) is 0 Å². The number of halogens is 1. The number of aromatic nitrogens is 2. The first-order valence-corrected chi connectivity index (χ1v) is 8.46. The van der Waals surface area contributed by atoms with E-state index >= 15 is 0 Å². The molecule has 3 heterocycles. The summed E-state index contributed by atoms with van der Waals surface area (Å²) >= 11 is 8.23. The molecule has 22 heavy (non-hydrogen) atoms. The van der Waals surface area contributed by atoms with Gasteiger partial charge in [0.05, 0.1) is 29.4 Å². The van der Waals surface area contributed by atoms with E-state index in [-0.39, 0.29) is 5.91 Å². The van der Waals surface area contributed by atoms with Crippen LogP contribution in [0.5, 0.6) is 0 Å². The van der Waals surface area contributed by atoms with E-state index in [4.69, 9.17) is 16.4 Å². The molecule has 1 amide bonds. The van der Waals surface area contributed by atoms with Crippen LogP contribution in [0.2, 0.25) is 5.02 Å². The fourth-order valence-corrected chi connectivity index (χ4v) is 3.70. The van der Waals surface area contributed by atoms with Crippen LogP contribution in [0.15, 0.2) is 18.6 Å². The molecule has 0 bridgehead atoms. The number of pyridine rings is 1. The molecule has 2 aromatic rings. The van der Waals surface area contributed by atoms with Gasteiger partial charge in [0.2, 0.25) is 0 Å². The van der Waals surface area contributed by atoms with Gasteiger partial charge >= 0.3 is 0 Å². The van der Waals surface area contributed by atoms with Crippen molar-refractivity contribution >= 4 is 40.6 Å². The van der Waals surface area contributed by atoms with Crippen molar-refractivity contribution in [2.45, 2.75) is 0 Å². The average molecular weight is 341 g/mol. The molecule has 0 unspecified atom stereocenters. The zero-order chi connectivity index (χ0) is 15.7. The number of fused-ring (bicyclic) bond motifs is 1. The van der Waals surface area contributed by atoms with E-state index in [0.29, 0.717) is 10.6 Å². The first kappa shape index (κ1) is 15.5. The number of anilines is 1. The third-order valence-corrected chi connectivity index (χ3v) is 4.97. The van der Waals surface area contributed by atoms with Gasteiger partial charge in [-0.1, -0.05) is 11.6 Å². The maximum absolute atomic E-state index is 12.6. The van der Waals surface area contributed by atoms with Crippen molar-refractivity contribution in [1.82, 2.24) is 14.4 Å². The summed E-state index contributed by atoms with van der Waals surface area (Å²) in [5, 5.41) is 1.71. The minimum Gasteiger partial charge on any atom is -0.355 e. The van der Waals surface area contributed by atoms with Gasteiger partial charge in [0.15, 0.2) is 0 Å². The second-order valence-electron chi connectivity index (χ2n) is 4.96. The quantitative estimate of drug-likeness (QED) is 0.801. The number of imidazole rings is 1. The summed E-state index contributed by atoms with van der Waals surface area (Å²) in [5.74, 6) is 2.67. The van der Waals surface area contributed by atoms with Crippen molar-refractivity contribution in [3.8, 4) is 0 Å². The lowest BCUT2D eigenvalue weighted by atomic mass is 10.2. The predicted molar refractivity (Wildman–Crippen MR) is 88.8 cm³/mol. The third-order valence-electron chi connectivity index (χ3n) is 3.72. The van der Waals surface area contributed by atoms with E-state index < -0.39 is 0 Å². The molecule has 3 rings (SSSR count). The molecule has 118 valence electrons. The number of hydrogen-bond acceptors (Lipinski definition) is 5. The minimum absolute atomic E-state index is 0.228. The van der Waals surface area contributed by atoms with Crippen LogP contribution >= 0.6 is 23.4 Å². The van der Waals surface area contributed by atoms with E-state index in [1.54, 1.807) is 25.6 Å². The number of carbonyl (C=O) groups excluding carboxylic acids is 1. The highest BCUT2D eigenvalue weighted by molar-refractivity contribution is 7.99. The number of hydrogen-bond donors (Lipinski definition) is 0. The van der Waals surface area contributed by atoms with Gasteiger partial charge in [-0.25, -0.2) is 10.0 Å². The Morgan fingerprint density at radius 1 is 1.45 bits per heavy atom. The standard InChI is InChI=1S/C14H17ClN4O2S/c1-17(21-2)14(20)10-7-11(15)12-8-16-9-19(12)13(10)18-3-5-22-6-4-18/h7-9H,3-6H2,1-2H3. The van der Waals surface area contributed by atoms with Gasteiger partial charge in [0.1, 0.15) is 12.1 Å². The average Bonchev–Trinajstić information content (AvgIpc) is 3.04. The lowest BCUT2D eigenvalue weighted by molar-refractivity contribution is -0.0756. The Bertz CT molecular complexity index is 699. The van der Waals surface area contributed by atoms with Crippen LogP contribution in [0.1, 0.15) is 10.4 Å². The summed E-state index contributed by atoms with van der Waals surface area (Å²) < 4.78 is 1.88. The van der Waals surface area contributed by atoms with Crippen LogP contribution in [0.25, 0.3) is 5.52 Å². The zero-order valence-electron chi connectivity index (χ0n) is 12.5. The summed E-state index contributed by atoms with van der Waals surface area (Å²) in [5.41, 5.74) is 1.32. The first-order chi connectivity index (χ1) is 10.6. The van der Waals surface area contributed by atoms with E-state index in [1.807, 2.05) is 16.2 Å². The molecule has 2 aromatic heterocycles. The topological polar surface area (TPSA) is 50.1 Å². The summed E-state index contributed by atoms with van der Waals surface area (Å²) in [4.78, 5) is 24.0. The molecular formula is C14H17ClN4O2S. The van der Waals surface area contributed by atoms with Gasteiger partial charge in [0, 0.05) is 31.6 Å². The fraction of sp³-hybridized carbons (Fsp3) is 0.429. The van der Waals surface area contributed by atoms with Crippen molar-refractivity contribution < 1.29 is 9.63 Å². The lowest BCUT2D eigenvalue weighted by Crippen LogP contribution is -2.36. The number of amides is 1. The van der Waals surface area contributed by atoms with Crippen molar-refractivity contribution in [1.29, 1.82) is 0 Å². The molecule has 0 radical (unpaired) electrons. The van der Waals surface area contributed by atoms with Crippen molar-refractivity contribution in [2.75, 3.05) is 43.7 Å². The van der Waals surface area contributed by atoms with Crippen molar-refractivity contribution in [3.05, 3.63) is 29.2 Å². The van der Waals surface area contributed by atoms with E-state index in [2.05, 4.69) is 9.88 Å². The maximum atomic E-state index is 12.6. The van der Waals surface area contributed by atoms with Crippen LogP contribution in [0.3, 0.4) is 0 Å². The first-order valence-electron chi connectivity index (χ1n) is 6.93. The summed E-state index contributed by atoms with van der Waals surface area (Å²) in [6.45, 7) is 1.77. The molecular weight excluding hydrogens is 324 g/mol. The molecule has 0 spiro atoms. The van der Waals surface area contributed by atoms with Crippen LogP contribution in [0.4, 0.5) is 5.82 Å². The monoisotopic (exact) mass is 340 g/mol. The Balaban J connectivity index is 2.18. The van der Waals surface area contributed by atoms with Gasteiger partial charge < -0.3 is 4.90 Å². The number of hydroxylamine groups is 2. The van der Waals surface area contributed by atoms with E-state index in [1.165, 1.54) is 12.2 Å². The number of thioether (sulfide) groups is 1. The van der Waals surface area contributed by atoms with Gasteiger partial charge in [-0.3, -0.25) is 14.0 Å². The number of nitrogens with zero attached hydrogens (tertiary/aromatic N) is 4. The van der Waals surface area contributed by atoms with E-state index in [9.17, 15) is 4.79 Å². The molecule has 0 aromatic carbocycles. The molecule has 6 nitrogen and oxygen atoms in total. The zero-order valence-corrected chi connectivity index (χ0v) is 14.0. The molecule has 1 aliphatic heterocycles. The normalized spacial score (nSPS) is 15.3. The predicted octanol–water partition coefficient (Wildman–Crippen LogP) is 2.17. The smallest absolute Gasteiger partial charge is 0.280 e. The minimum atomic E-state index is -0.228. The SMILES string of the molecule is CON(C)C(=O)c1cc(Cl)c2cncn2c1N1CCSCC1. The summed E-state index contributed by atoms with van der Waals surface area (Å²) in [6, 6.07) is 1.70.